The van der Waals surface area contributed by atoms with Crippen LogP contribution in [0.15, 0.2) is 85.3 Å². The second kappa shape index (κ2) is 27.4. The van der Waals surface area contributed by atoms with Gasteiger partial charge < -0.3 is 34.5 Å². The van der Waals surface area contributed by atoms with Crippen molar-refractivity contribution in [2.24, 2.45) is 0 Å². The Hall–Kier alpha value is -8.41. The SMILES string of the molecule is Cc1ccc(C(=O)Nc2ccc(CN3CCN(C(=O)CCCc4cn(CCOCCOCCOCCOCCNc5cccc6c5C(=O)N(C5CCC(=O)NC5=O)C6=O)nn4)CC3)c(C(F)(F)F)c2)cc1C#Cc1cnc2cccnn12. The molecular formula is C57H61F3N12O10. The summed E-state index contributed by atoms with van der Waals surface area (Å²) in [5.74, 6) is 3.22. The lowest BCUT2D eigenvalue weighted by Gasteiger charge is -2.35. The number of nitrogens with one attached hydrogen (secondary N) is 3. The predicted molar refractivity (Wildman–Crippen MR) is 289 cm³/mol. The van der Waals surface area contributed by atoms with Gasteiger partial charge in [0, 0.05) is 87.0 Å². The molecule has 2 fully saturated rings. The van der Waals surface area contributed by atoms with Gasteiger partial charge in [-0.25, -0.2) is 14.2 Å². The number of benzene rings is 3. The van der Waals surface area contributed by atoms with E-state index in [1.165, 1.54) is 18.2 Å². The number of rotatable bonds is 25. The van der Waals surface area contributed by atoms with Gasteiger partial charge in [-0.05, 0) is 91.8 Å². The maximum absolute atomic E-state index is 14.5. The molecule has 82 heavy (non-hydrogen) atoms. The van der Waals surface area contributed by atoms with Crippen LogP contribution in [0, 0.1) is 18.8 Å². The van der Waals surface area contributed by atoms with Gasteiger partial charge in [0.25, 0.3) is 17.7 Å². The largest absolute Gasteiger partial charge is 0.416 e. The zero-order valence-electron chi connectivity index (χ0n) is 45.0. The summed E-state index contributed by atoms with van der Waals surface area (Å²) in [4.78, 5) is 85.5. The normalized spacial score (nSPS) is 15.6. The number of imidazole rings is 1. The minimum Gasteiger partial charge on any atom is -0.382 e. The Morgan fingerprint density at radius 1 is 0.841 bits per heavy atom. The Labute approximate surface area is 469 Å². The number of amides is 6. The molecule has 1 unspecified atom stereocenters. The summed E-state index contributed by atoms with van der Waals surface area (Å²) in [6, 6.07) is 16.1. The molecular weight excluding hydrogens is 1070 g/mol. The molecule has 0 spiro atoms. The van der Waals surface area contributed by atoms with E-state index in [4.69, 9.17) is 18.9 Å². The molecule has 6 heterocycles. The Bertz CT molecular complexity index is 3370. The quantitative estimate of drug-likeness (QED) is 0.0405. The van der Waals surface area contributed by atoms with Crippen LogP contribution in [-0.4, -0.2) is 171 Å². The number of ether oxygens (including phenoxy) is 4. The van der Waals surface area contributed by atoms with E-state index in [-0.39, 0.29) is 53.2 Å². The van der Waals surface area contributed by atoms with Crippen molar-refractivity contribution in [3.8, 4) is 11.8 Å². The second-order valence-corrected chi connectivity index (χ2v) is 19.6. The van der Waals surface area contributed by atoms with Crippen molar-refractivity contribution in [1.82, 2.24) is 49.6 Å². The molecule has 0 radical (unpaired) electrons. The maximum atomic E-state index is 14.5. The minimum absolute atomic E-state index is 0.00332. The second-order valence-electron chi connectivity index (χ2n) is 19.6. The first kappa shape index (κ1) is 58.3. The van der Waals surface area contributed by atoms with Gasteiger partial charge in [0.1, 0.15) is 11.7 Å². The third-order valence-corrected chi connectivity index (χ3v) is 13.9. The molecule has 430 valence electrons. The number of imide groups is 2. The molecule has 22 nitrogen and oxygen atoms in total. The average molecular weight is 1130 g/mol. The number of hydrogen-bond donors (Lipinski definition) is 3. The van der Waals surface area contributed by atoms with E-state index in [0.29, 0.717) is 134 Å². The summed E-state index contributed by atoms with van der Waals surface area (Å²) in [5, 5.41) is 20.6. The number of fused-ring (bicyclic) bond motifs is 2. The molecule has 6 amide bonds. The van der Waals surface area contributed by atoms with E-state index in [2.05, 4.69) is 48.2 Å². The number of aromatic nitrogens is 6. The number of carbonyl (C=O) groups is 6. The molecule has 0 bridgehead atoms. The first-order chi connectivity index (χ1) is 39.7. The molecule has 0 saturated carbocycles. The van der Waals surface area contributed by atoms with E-state index < -0.39 is 47.3 Å². The van der Waals surface area contributed by atoms with Gasteiger partial charge in [0.2, 0.25) is 17.7 Å². The lowest BCUT2D eigenvalue weighted by atomic mass is 10.0. The Balaban J connectivity index is 0.596. The van der Waals surface area contributed by atoms with E-state index in [0.717, 1.165) is 22.2 Å². The standard InChI is InChI=1S/C57H61F3N12O10/c1-38-10-11-40(33-39(38)13-15-44-35-62-49-8-4-18-63-72(44)49)53(75)64-42-14-12-41(46(34-42)57(58,59)60)36-68-20-22-69(23-21-68)51(74)9-2-5-43-37-70(67-66-43)24-26-80-28-30-82-32-31-81-29-27-79-25-19-61-47-7-3-6-45-52(47)56(78)71(55(45)77)48-16-17-50(73)65-54(48)76/h3-4,6-8,10-12,14,18,33-35,37,48,61H,2,5,9,16-17,19-32,36H2,1H3,(H,64,75)(H,65,73,76). The smallest absolute Gasteiger partial charge is 0.382 e. The summed E-state index contributed by atoms with van der Waals surface area (Å²) in [6.07, 6.45) is 1.88. The number of aryl methyl sites for hydroxylation is 2. The van der Waals surface area contributed by atoms with Crippen LogP contribution in [-0.2, 0) is 59.0 Å². The summed E-state index contributed by atoms with van der Waals surface area (Å²) in [5.41, 5.74) is 3.60. The van der Waals surface area contributed by atoms with Crippen LogP contribution < -0.4 is 16.0 Å². The molecule has 9 rings (SSSR count). The third-order valence-electron chi connectivity index (χ3n) is 13.9. The highest BCUT2D eigenvalue weighted by Gasteiger charge is 2.45. The van der Waals surface area contributed by atoms with Crippen molar-refractivity contribution in [2.75, 3.05) is 96.2 Å². The van der Waals surface area contributed by atoms with Crippen LogP contribution in [0.1, 0.15) is 90.4 Å². The van der Waals surface area contributed by atoms with Crippen LogP contribution >= 0.6 is 0 Å². The summed E-state index contributed by atoms with van der Waals surface area (Å²) >= 11 is 0. The van der Waals surface area contributed by atoms with Gasteiger partial charge in [0.15, 0.2) is 5.65 Å². The lowest BCUT2D eigenvalue weighted by molar-refractivity contribution is -0.139. The van der Waals surface area contributed by atoms with E-state index in [1.807, 2.05) is 18.0 Å². The van der Waals surface area contributed by atoms with Gasteiger partial charge in [-0.15, -0.1) is 5.10 Å². The molecule has 25 heteroatoms. The highest BCUT2D eigenvalue weighted by Crippen LogP contribution is 2.35. The van der Waals surface area contributed by atoms with Gasteiger partial charge in [-0.1, -0.05) is 29.3 Å². The van der Waals surface area contributed by atoms with Crippen molar-refractivity contribution in [2.45, 2.75) is 64.3 Å². The fraction of sp³-hybridized carbons (Fsp3) is 0.404. The fourth-order valence-electron chi connectivity index (χ4n) is 9.58. The first-order valence-corrected chi connectivity index (χ1v) is 26.9. The summed E-state index contributed by atoms with van der Waals surface area (Å²) in [6.45, 7) is 7.10. The van der Waals surface area contributed by atoms with E-state index in [9.17, 15) is 41.9 Å². The fourth-order valence-corrected chi connectivity index (χ4v) is 9.58. The highest BCUT2D eigenvalue weighted by atomic mass is 19.4. The number of nitrogens with zero attached hydrogens (tertiary/aromatic N) is 9. The molecule has 0 aliphatic carbocycles. The number of halogens is 3. The van der Waals surface area contributed by atoms with E-state index in [1.54, 1.807) is 69.0 Å². The number of alkyl halides is 3. The maximum Gasteiger partial charge on any atom is 0.416 e. The zero-order valence-corrected chi connectivity index (χ0v) is 45.0. The molecule has 6 aromatic rings. The monoisotopic (exact) mass is 1130 g/mol. The number of hydrogen-bond acceptors (Lipinski definition) is 16. The zero-order chi connectivity index (χ0) is 57.6. The van der Waals surface area contributed by atoms with Crippen LogP contribution in [0.3, 0.4) is 0 Å². The van der Waals surface area contributed by atoms with Gasteiger partial charge in [0.05, 0.1) is 88.0 Å². The average Bonchev–Trinajstić information content (AvgIpc) is 4.37. The Morgan fingerprint density at radius 2 is 1.60 bits per heavy atom. The lowest BCUT2D eigenvalue weighted by Crippen LogP contribution is -2.54. The molecule has 3 aromatic heterocycles. The van der Waals surface area contributed by atoms with Crippen molar-refractivity contribution in [3.63, 3.8) is 0 Å². The van der Waals surface area contributed by atoms with Crippen LogP contribution in [0.5, 0.6) is 0 Å². The number of piperazine rings is 1. The Kier molecular flexibility index (Phi) is 19.4. The first-order valence-electron chi connectivity index (χ1n) is 26.9. The summed E-state index contributed by atoms with van der Waals surface area (Å²) < 4.78 is 69.1. The van der Waals surface area contributed by atoms with Gasteiger partial charge in [-0.3, -0.25) is 43.9 Å². The molecule has 3 aliphatic heterocycles. The number of piperidine rings is 1. The number of anilines is 2. The number of carbonyl (C=O) groups excluding carboxylic acids is 6. The minimum atomic E-state index is -4.68. The highest BCUT2D eigenvalue weighted by molar-refractivity contribution is 6.25. The van der Waals surface area contributed by atoms with Crippen molar-refractivity contribution in [3.05, 3.63) is 136 Å². The Morgan fingerprint density at radius 3 is 2.35 bits per heavy atom. The van der Waals surface area contributed by atoms with Gasteiger partial charge in [-0.2, -0.15) is 18.3 Å². The van der Waals surface area contributed by atoms with E-state index >= 15 is 0 Å². The summed E-state index contributed by atoms with van der Waals surface area (Å²) in [7, 11) is 0. The van der Waals surface area contributed by atoms with Crippen molar-refractivity contribution in [1.29, 1.82) is 0 Å². The predicted octanol–water partition coefficient (Wildman–Crippen LogP) is 4.55. The van der Waals surface area contributed by atoms with Crippen LogP contribution in [0.25, 0.3) is 5.65 Å². The molecule has 2 saturated heterocycles. The topological polar surface area (TPSA) is 246 Å². The molecule has 1 atom stereocenters. The third kappa shape index (κ3) is 14.9. The molecule has 3 aromatic carbocycles. The van der Waals surface area contributed by atoms with Crippen molar-refractivity contribution >= 4 is 52.5 Å². The van der Waals surface area contributed by atoms with Crippen LogP contribution in [0.2, 0.25) is 0 Å². The van der Waals surface area contributed by atoms with Crippen LogP contribution in [0.4, 0.5) is 24.5 Å². The molecule has 3 aliphatic rings. The van der Waals surface area contributed by atoms with Gasteiger partial charge >= 0.3 is 6.18 Å². The van der Waals surface area contributed by atoms with Crippen molar-refractivity contribution < 1.29 is 60.9 Å². The molecule has 3 N–H and O–H groups in total.